The largest absolute Gasteiger partial charge is 0.444 e. The van der Waals surface area contributed by atoms with E-state index in [1.807, 2.05) is 0 Å². The van der Waals surface area contributed by atoms with Crippen LogP contribution in [0.15, 0.2) is 0 Å². The maximum absolute atomic E-state index is 12.6. The van der Waals surface area contributed by atoms with Crippen molar-refractivity contribution in [1.82, 2.24) is 4.90 Å². The summed E-state index contributed by atoms with van der Waals surface area (Å²) in [6.07, 6.45) is 0.905. The van der Waals surface area contributed by atoms with E-state index in [4.69, 9.17) is 13.3 Å². The molecule has 1 saturated heterocycles. The fraction of sp³-hybridized carbons (Fsp3) is 0.941. The molecule has 154 valence electrons. The van der Waals surface area contributed by atoms with Gasteiger partial charge in [-0.25, -0.2) is 4.79 Å². The van der Waals surface area contributed by atoms with Gasteiger partial charge in [0, 0.05) is 6.54 Å². The summed E-state index contributed by atoms with van der Waals surface area (Å²) in [6.45, 7) is 16.5. The third-order valence-corrected chi connectivity index (χ3v) is 9.85. The van der Waals surface area contributed by atoms with Crippen molar-refractivity contribution < 1.29 is 26.6 Å². The van der Waals surface area contributed by atoms with E-state index in [9.17, 15) is 13.2 Å². The van der Waals surface area contributed by atoms with Gasteiger partial charge in [0.15, 0.2) is 8.32 Å². The first kappa shape index (κ1) is 23.4. The summed E-state index contributed by atoms with van der Waals surface area (Å²) < 4.78 is 39.5. The summed E-state index contributed by atoms with van der Waals surface area (Å²) in [5, 5.41) is 0.0467. The number of amides is 1. The van der Waals surface area contributed by atoms with Crippen molar-refractivity contribution >= 4 is 24.5 Å². The normalized spacial score (nSPS) is 22.6. The first-order valence-corrected chi connectivity index (χ1v) is 13.7. The molecule has 1 aliphatic rings. The van der Waals surface area contributed by atoms with E-state index in [2.05, 4.69) is 33.9 Å². The summed E-state index contributed by atoms with van der Waals surface area (Å²) in [5.74, 6) is 0. The molecule has 1 fully saturated rings. The molecule has 0 radical (unpaired) electrons. The number of hydrogen-bond donors (Lipinski definition) is 0. The second-order valence-corrected chi connectivity index (χ2v) is 15.9. The molecule has 2 atom stereocenters. The predicted octanol–water partition coefficient (Wildman–Crippen LogP) is 3.36. The highest BCUT2D eigenvalue weighted by molar-refractivity contribution is 7.85. The van der Waals surface area contributed by atoms with E-state index in [0.29, 0.717) is 13.0 Å². The van der Waals surface area contributed by atoms with Crippen LogP contribution in [0.5, 0.6) is 0 Å². The minimum absolute atomic E-state index is 0.0467. The van der Waals surface area contributed by atoms with Crippen LogP contribution in [0.2, 0.25) is 18.1 Å². The van der Waals surface area contributed by atoms with Crippen LogP contribution < -0.4 is 0 Å². The fourth-order valence-corrected chi connectivity index (χ4v) is 4.22. The third-order valence-electron chi connectivity index (χ3n) is 4.75. The summed E-state index contributed by atoms with van der Waals surface area (Å²) >= 11 is 0. The molecule has 9 heteroatoms. The minimum Gasteiger partial charge on any atom is -0.444 e. The zero-order chi connectivity index (χ0) is 20.6. The molecule has 0 unspecified atom stereocenters. The lowest BCUT2D eigenvalue weighted by Crippen LogP contribution is -2.45. The average Bonchev–Trinajstić information content (AvgIpc) is 2.74. The van der Waals surface area contributed by atoms with Crippen molar-refractivity contribution in [3.05, 3.63) is 0 Å². The van der Waals surface area contributed by atoms with E-state index >= 15 is 0 Å². The number of hydrogen-bond acceptors (Lipinski definition) is 6. The maximum atomic E-state index is 12.6. The Morgan fingerprint density at radius 2 is 1.69 bits per heavy atom. The molecule has 1 rings (SSSR count). The molecule has 0 aromatic heterocycles. The number of carbonyl (C=O) groups excluding carboxylic acids is 1. The Labute approximate surface area is 159 Å². The lowest BCUT2D eigenvalue weighted by atomic mass is 10.2. The summed E-state index contributed by atoms with van der Waals surface area (Å²) in [5.41, 5.74) is -0.627. The van der Waals surface area contributed by atoms with Crippen LogP contribution >= 0.6 is 0 Å². The number of likely N-dealkylation sites (tertiary alicyclic amines) is 1. The monoisotopic (exact) mass is 409 g/mol. The smallest absolute Gasteiger partial charge is 0.410 e. The topological polar surface area (TPSA) is 82.1 Å². The molecule has 26 heavy (non-hydrogen) atoms. The molecular formula is C17H35NO6SSi. The Bertz CT molecular complexity index is 606. The molecule has 0 bridgehead atoms. The SMILES string of the molecule is CC(C)(C)OC(=O)N1C[C@@H](O[Si](C)(C)C(C)(C)C)C[C@H]1COS(C)(=O)=O. The summed E-state index contributed by atoms with van der Waals surface area (Å²) in [4.78, 5) is 14.1. The quantitative estimate of drug-likeness (QED) is 0.511. The highest BCUT2D eigenvalue weighted by Crippen LogP contribution is 2.39. The Balaban J connectivity index is 2.92. The molecule has 0 aromatic rings. The molecule has 1 aliphatic heterocycles. The van der Waals surface area contributed by atoms with Gasteiger partial charge < -0.3 is 14.1 Å². The number of nitrogens with zero attached hydrogens (tertiary/aromatic N) is 1. The van der Waals surface area contributed by atoms with Crippen LogP contribution in [0.4, 0.5) is 4.79 Å². The first-order chi connectivity index (χ1) is 11.4. The van der Waals surface area contributed by atoms with Gasteiger partial charge >= 0.3 is 6.09 Å². The zero-order valence-electron chi connectivity index (χ0n) is 17.6. The van der Waals surface area contributed by atoms with Gasteiger partial charge in [-0.15, -0.1) is 0 Å². The molecule has 0 aromatic carbocycles. The third kappa shape index (κ3) is 7.17. The van der Waals surface area contributed by atoms with E-state index in [-0.39, 0.29) is 17.7 Å². The van der Waals surface area contributed by atoms with E-state index in [0.717, 1.165) is 6.26 Å². The van der Waals surface area contributed by atoms with Gasteiger partial charge in [-0.05, 0) is 45.3 Å². The van der Waals surface area contributed by atoms with Crippen molar-refractivity contribution in [1.29, 1.82) is 0 Å². The minimum atomic E-state index is -3.58. The second-order valence-electron chi connectivity index (χ2n) is 9.51. The molecule has 0 aliphatic carbocycles. The molecule has 7 nitrogen and oxygen atoms in total. The van der Waals surface area contributed by atoms with Gasteiger partial charge in [0.05, 0.1) is 25.0 Å². The fourth-order valence-electron chi connectivity index (χ4n) is 2.46. The van der Waals surface area contributed by atoms with Crippen LogP contribution in [0.1, 0.15) is 48.0 Å². The van der Waals surface area contributed by atoms with E-state index in [1.165, 1.54) is 4.90 Å². The van der Waals surface area contributed by atoms with Crippen molar-refractivity contribution in [3.8, 4) is 0 Å². The Hall–Kier alpha value is -0.643. The van der Waals surface area contributed by atoms with Crippen LogP contribution in [-0.2, 0) is 23.5 Å². The summed E-state index contributed by atoms with van der Waals surface area (Å²) in [7, 11) is -5.59. The van der Waals surface area contributed by atoms with Gasteiger partial charge in [0.2, 0.25) is 0 Å². The van der Waals surface area contributed by atoms with Crippen molar-refractivity contribution in [3.63, 3.8) is 0 Å². The highest BCUT2D eigenvalue weighted by atomic mass is 32.2. The van der Waals surface area contributed by atoms with Crippen LogP contribution in [0.3, 0.4) is 0 Å². The molecule has 0 spiro atoms. The Kier molecular flexibility index (Phi) is 6.99. The molecule has 0 N–H and O–H groups in total. The van der Waals surface area contributed by atoms with Crippen LogP contribution in [-0.4, -0.2) is 64.9 Å². The standard InChI is InChI=1S/C17H35NO6SSi/c1-16(2,3)23-15(19)18-11-14(24-26(8,9)17(4,5)6)10-13(18)12-22-25(7,20)21/h13-14H,10-12H2,1-9H3/t13-,14-/m0/s1. The van der Waals surface area contributed by atoms with Gasteiger partial charge in [0.25, 0.3) is 10.1 Å². The Morgan fingerprint density at radius 3 is 2.12 bits per heavy atom. The van der Waals surface area contributed by atoms with Gasteiger partial charge in [-0.1, -0.05) is 20.8 Å². The second kappa shape index (κ2) is 7.77. The summed E-state index contributed by atoms with van der Waals surface area (Å²) in [6, 6.07) is -0.394. The highest BCUT2D eigenvalue weighted by Gasteiger charge is 2.44. The van der Waals surface area contributed by atoms with E-state index in [1.54, 1.807) is 20.8 Å². The van der Waals surface area contributed by atoms with E-state index < -0.39 is 36.2 Å². The maximum Gasteiger partial charge on any atom is 0.410 e. The zero-order valence-corrected chi connectivity index (χ0v) is 19.4. The van der Waals surface area contributed by atoms with Crippen LogP contribution in [0.25, 0.3) is 0 Å². The van der Waals surface area contributed by atoms with Crippen molar-refractivity contribution in [2.24, 2.45) is 0 Å². The molecular weight excluding hydrogens is 374 g/mol. The first-order valence-electron chi connectivity index (χ1n) is 8.93. The van der Waals surface area contributed by atoms with Crippen LogP contribution in [0, 0.1) is 0 Å². The predicted molar refractivity (Wildman–Crippen MR) is 104 cm³/mol. The lowest BCUT2D eigenvalue weighted by Gasteiger charge is -2.38. The van der Waals surface area contributed by atoms with Gasteiger partial charge in [-0.2, -0.15) is 8.42 Å². The number of ether oxygens (including phenoxy) is 1. The van der Waals surface area contributed by atoms with Crippen molar-refractivity contribution in [2.75, 3.05) is 19.4 Å². The number of rotatable bonds is 5. The molecule has 1 amide bonds. The van der Waals surface area contributed by atoms with Gasteiger partial charge in [-0.3, -0.25) is 4.18 Å². The van der Waals surface area contributed by atoms with Crippen molar-refractivity contribution in [2.45, 2.75) is 83.8 Å². The number of carbonyl (C=O) groups is 1. The Morgan fingerprint density at radius 1 is 1.15 bits per heavy atom. The molecule has 0 saturated carbocycles. The van der Waals surface area contributed by atoms with Gasteiger partial charge in [0.1, 0.15) is 5.60 Å². The average molecular weight is 410 g/mol. The molecule has 1 heterocycles. The lowest BCUT2D eigenvalue weighted by molar-refractivity contribution is 0.0176.